The summed E-state index contributed by atoms with van der Waals surface area (Å²) in [6.45, 7) is -0.647. The van der Waals surface area contributed by atoms with Gasteiger partial charge in [-0.25, -0.2) is 4.57 Å². The Bertz CT molecular complexity index is 282. The first-order chi connectivity index (χ1) is 7.22. The number of phosphoric ester groups is 1. The van der Waals surface area contributed by atoms with Crippen LogP contribution in [0.1, 0.15) is 0 Å². The number of hydrogen-bond donors (Lipinski definition) is 6. The predicted molar refractivity (Wildman–Crippen MR) is 47.6 cm³/mol. The first-order valence-electron chi connectivity index (χ1n) is 4.45. The fraction of sp³-hybridized carbons (Fsp3) is 1.00. The molecule has 1 heterocycles. The van der Waals surface area contributed by atoms with E-state index in [-0.39, 0.29) is 0 Å². The zero-order chi connectivity index (χ0) is 12.5. The van der Waals surface area contributed by atoms with Crippen LogP contribution in [0.4, 0.5) is 0 Å². The smallest absolute Gasteiger partial charge is 0.387 e. The summed E-state index contributed by atoms with van der Waals surface area (Å²) in [5, 5.41) is 28.1. The number of aliphatic hydroxyl groups is 3. The van der Waals surface area contributed by atoms with Gasteiger partial charge in [0.15, 0.2) is 6.04 Å². The highest BCUT2D eigenvalue weighted by molar-refractivity contribution is 7.46. The molecule has 1 saturated heterocycles. The summed E-state index contributed by atoms with van der Waals surface area (Å²) in [4.78, 5) is 16.9. The minimum Gasteiger partial charge on any atom is -0.387 e. The molecule has 0 aliphatic carbocycles. The lowest BCUT2D eigenvalue weighted by atomic mass is 9.98. The van der Waals surface area contributed by atoms with E-state index in [9.17, 15) is 19.9 Å². The predicted octanol–water partition coefficient (Wildman–Crippen LogP) is -3.85. The molecule has 0 aromatic rings. The molecule has 8 N–H and O–H groups in total. The van der Waals surface area contributed by atoms with Gasteiger partial charge in [-0.05, 0) is 0 Å². The summed E-state index contributed by atoms with van der Waals surface area (Å²) < 4.78 is 19.3. The van der Waals surface area contributed by atoms with Gasteiger partial charge in [0.25, 0.3) is 0 Å². The molecule has 0 amide bonds. The van der Waals surface area contributed by atoms with Crippen molar-refractivity contribution in [2.45, 2.75) is 30.6 Å². The van der Waals surface area contributed by atoms with Gasteiger partial charge in [0, 0.05) is 0 Å². The van der Waals surface area contributed by atoms with Gasteiger partial charge in [-0.3, -0.25) is 4.52 Å². The highest BCUT2D eigenvalue weighted by Crippen LogP contribution is 2.36. The first-order valence-corrected chi connectivity index (χ1v) is 5.98. The van der Waals surface area contributed by atoms with Gasteiger partial charge in [0.05, 0.1) is 6.61 Å². The van der Waals surface area contributed by atoms with Crippen LogP contribution in [0.25, 0.3) is 0 Å². The van der Waals surface area contributed by atoms with Crippen molar-refractivity contribution in [1.29, 1.82) is 0 Å². The molecule has 5 atom stereocenters. The van der Waals surface area contributed by atoms with Crippen molar-refractivity contribution >= 4 is 7.82 Å². The van der Waals surface area contributed by atoms with Crippen LogP contribution in [0.2, 0.25) is 0 Å². The van der Waals surface area contributed by atoms with E-state index in [2.05, 4.69) is 10.3 Å². The van der Waals surface area contributed by atoms with E-state index in [0.29, 0.717) is 0 Å². The minimum atomic E-state index is -4.68. The second-order valence-corrected chi connectivity index (χ2v) is 4.74. The fourth-order valence-corrected chi connectivity index (χ4v) is 1.65. The summed E-state index contributed by atoms with van der Waals surface area (Å²) >= 11 is 0. The SMILES string of the molecule is [NH3+][C@@H]1[C@@H](O)[C@H](O)[C@@H](COP(=O)(O)O)O[C@@H]1O. The van der Waals surface area contributed by atoms with Crippen LogP contribution in [0, 0.1) is 0 Å². The van der Waals surface area contributed by atoms with Crippen LogP contribution < -0.4 is 5.73 Å². The Balaban J connectivity index is 2.57. The fourth-order valence-electron chi connectivity index (χ4n) is 1.31. The maximum atomic E-state index is 10.4. The molecule has 96 valence electrons. The minimum absolute atomic E-state index is 0.647. The van der Waals surface area contributed by atoms with Crippen LogP contribution in [0.15, 0.2) is 0 Å². The number of quaternary nitrogens is 1. The molecule has 0 aromatic heterocycles. The van der Waals surface area contributed by atoms with Gasteiger partial charge < -0.3 is 35.6 Å². The van der Waals surface area contributed by atoms with E-state index in [1.54, 1.807) is 0 Å². The Morgan fingerprint density at radius 3 is 2.31 bits per heavy atom. The van der Waals surface area contributed by atoms with Crippen molar-refractivity contribution in [3.05, 3.63) is 0 Å². The monoisotopic (exact) mass is 260 g/mol. The summed E-state index contributed by atoms with van der Waals surface area (Å²) in [6, 6.07) is -0.943. The van der Waals surface area contributed by atoms with Crippen molar-refractivity contribution in [2.75, 3.05) is 6.61 Å². The lowest BCUT2D eigenvalue weighted by Gasteiger charge is -2.36. The van der Waals surface area contributed by atoms with Crippen molar-refractivity contribution in [1.82, 2.24) is 0 Å². The zero-order valence-electron chi connectivity index (χ0n) is 8.21. The maximum absolute atomic E-state index is 10.4. The molecule has 1 fully saturated rings. The third kappa shape index (κ3) is 3.45. The molecule has 0 radical (unpaired) electrons. The average Bonchev–Trinajstić information content (AvgIpc) is 2.17. The highest BCUT2D eigenvalue weighted by Gasteiger charge is 2.45. The van der Waals surface area contributed by atoms with Gasteiger partial charge in [-0.2, -0.15) is 0 Å². The number of aliphatic hydroxyl groups excluding tert-OH is 3. The Labute approximate surface area is 90.6 Å². The largest absolute Gasteiger partial charge is 0.469 e. The normalized spacial score (nSPS) is 41.0. The lowest BCUT2D eigenvalue weighted by Crippen LogP contribution is -2.77. The summed E-state index contributed by atoms with van der Waals surface area (Å²) in [5.74, 6) is 0. The molecule has 1 aliphatic heterocycles. The van der Waals surface area contributed by atoms with Crippen LogP contribution >= 0.6 is 7.82 Å². The van der Waals surface area contributed by atoms with E-state index >= 15 is 0 Å². The highest BCUT2D eigenvalue weighted by atomic mass is 31.2. The van der Waals surface area contributed by atoms with Crippen LogP contribution in [0.3, 0.4) is 0 Å². The van der Waals surface area contributed by atoms with Crippen LogP contribution in [-0.2, 0) is 13.8 Å². The molecule has 1 rings (SSSR count). The van der Waals surface area contributed by atoms with E-state index in [4.69, 9.17) is 14.5 Å². The zero-order valence-corrected chi connectivity index (χ0v) is 9.10. The van der Waals surface area contributed by atoms with Gasteiger partial charge in [-0.15, -0.1) is 0 Å². The third-order valence-electron chi connectivity index (χ3n) is 2.26. The quantitative estimate of drug-likeness (QED) is 0.281. The van der Waals surface area contributed by atoms with Gasteiger partial charge >= 0.3 is 7.82 Å². The van der Waals surface area contributed by atoms with Crippen molar-refractivity contribution in [3.63, 3.8) is 0 Å². The molecular formula is C6H15NO8P+. The van der Waals surface area contributed by atoms with Gasteiger partial charge in [0.2, 0.25) is 6.29 Å². The summed E-state index contributed by atoms with van der Waals surface area (Å²) in [5.41, 5.74) is 3.37. The lowest BCUT2D eigenvalue weighted by molar-refractivity contribution is -0.497. The molecule has 16 heavy (non-hydrogen) atoms. The van der Waals surface area contributed by atoms with Crippen molar-refractivity contribution in [3.8, 4) is 0 Å². The third-order valence-corrected chi connectivity index (χ3v) is 2.74. The number of hydrogen-bond acceptors (Lipinski definition) is 6. The number of rotatable bonds is 3. The molecule has 1 aliphatic rings. The molecule has 0 bridgehead atoms. The average molecular weight is 260 g/mol. The molecular weight excluding hydrogens is 245 g/mol. The van der Waals surface area contributed by atoms with Crippen molar-refractivity contribution in [2.24, 2.45) is 0 Å². The summed E-state index contributed by atoms with van der Waals surface area (Å²) in [7, 11) is -4.68. The van der Waals surface area contributed by atoms with Gasteiger partial charge in [0.1, 0.15) is 18.3 Å². The standard InChI is InChI=1S/C6H14NO8P/c7-3-5(9)4(8)2(15-6(3)10)1-14-16(11,12)13/h2-6,8-10H,1,7H2,(H2,11,12,13)/p+1/t2-,3-,4-,5-,6+/m1/s1. The Morgan fingerprint density at radius 1 is 1.25 bits per heavy atom. The molecule has 10 heteroatoms. The second kappa shape index (κ2) is 5.05. The van der Waals surface area contributed by atoms with E-state index in [1.807, 2.05) is 0 Å². The maximum Gasteiger partial charge on any atom is 0.469 e. The van der Waals surface area contributed by atoms with Crippen LogP contribution in [0.5, 0.6) is 0 Å². The van der Waals surface area contributed by atoms with Crippen molar-refractivity contribution < 1.29 is 44.7 Å². The Kier molecular flexibility index (Phi) is 4.41. The van der Waals surface area contributed by atoms with E-state index < -0.39 is 45.1 Å². The topological polar surface area (TPSA) is 164 Å². The van der Waals surface area contributed by atoms with Gasteiger partial charge in [-0.1, -0.05) is 0 Å². The number of phosphoric acid groups is 1. The molecule has 0 aromatic carbocycles. The van der Waals surface area contributed by atoms with Crippen LogP contribution in [-0.4, -0.2) is 62.4 Å². The van der Waals surface area contributed by atoms with E-state index in [1.165, 1.54) is 0 Å². The Hall–Kier alpha value is -0.0900. The van der Waals surface area contributed by atoms with E-state index in [0.717, 1.165) is 0 Å². The molecule has 0 saturated carbocycles. The Morgan fingerprint density at radius 2 is 1.81 bits per heavy atom. The second-order valence-electron chi connectivity index (χ2n) is 3.50. The molecule has 9 nitrogen and oxygen atoms in total. The summed E-state index contributed by atoms with van der Waals surface area (Å²) in [6.07, 6.45) is -5.44. The molecule has 0 spiro atoms. The number of ether oxygens (including phenoxy) is 1. The molecule has 0 unspecified atom stereocenters. The first kappa shape index (κ1) is 14.0.